The first-order valence-electron chi connectivity index (χ1n) is 21.1. The first-order valence-corrected chi connectivity index (χ1v) is 22.5. The predicted molar refractivity (Wildman–Crippen MR) is 213 cm³/mol. The second-order valence-electron chi connectivity index (χ2n) is 15.4. The SMILES string of the molecule is CCCCCCCCCC/C=C\C/C=C\CCC(=O)OC(COCCCCCCCCCCCCCCCC)COP(=O)([O-])OCC[N+](C)(C)C. The molecule has 51 heavy (non-hydrogen) atoms. The maximum Gasteiger partial charge on any atom is 0.306 e. The quantitative estimate of drug-likeness (QED) is 0.0203. The van der Waals surface area contributed by atoms with Crippen LogP contribution < -0.4 is 4.89 Å². The van der Waals surface area contributed by atoms with Gasteiger partial charge in [0, 0.05) is 13.0 Å². The third-order valence-corrected chi connectivity index (χ3v) is 9.98. The molecular formula is C42H82NO7P. The third-order valence-electron chi connectivity index (χ3n) is 9.02. The van der Waals surface area contributed by atoms with Crippen molar-refractivity contribution in [2.24, 2.45) is 0 Å². The Balaban J connectivity index is 4.32. The fourth-order valence-electron chi connectivity index (χ4n) is 5.72. The molecule has 0 amide bonds. The van der Waals surface area contributed by atoms with E-state index in [-0.39, 0.29) is 26.2 Å². The van der Waals surface area contributed by atoms with Crippen molar-refractivity contribution in [2.45, 2.75) is 187 Å². The Bertz CT molecular complexity index is 874. The van der Waals surface area contributed by atoms with Crippen molar-refractivity contribution in [2.75, 3.05) is 54.1 Å². The number of hydrogen-bond donors (Lipinski definition) is 0. The van der Waals surface area contributed by atoms with Crippen LogP contribution in [0, 0.1) is 0 Å². The van der Waals surface area contributed by atoms with Gasteiger partial charge in [0.05, 0.1) is 34.4 Å². The van der Waals surface area contributed by atoms with Gasteiger partial charge in [0.1, 0.15) is 19.3 Å². The molecule has 0 saturated heterocycles. The Hall–Kier alpha value is -1.02. The molecule has 0 aromatic heterocycles. The number of ether oxygens (including phenoxy) is 2. The van der Waals surface area contributed by atoms with Crippen LogP contribution in [0.25, 0.3) is 0 Å². The zero-order valence-corrected chi connectivity index (χ0v) is 35.0. The molecule has 0 aliphatic rings. The minimum absolute atomic E-state index is 0.0189. The molecule has 0 heterocycles. The second-order valence-corrected chi connectivity index (χ2v) is 16.8. The highest BCUT2D eigenvalue weighted by molar-refractivity contribution is 7.45. The standard InChI is InChI=1S/C42H82NO7P/c1-6-8-10-12-14-16-18-20-22-23-25-27-29-31-33-35-42(44)50-41(40-49-51(45,46)48-38-36-43(3,4)5)39-47-37-34-32-30-28-26-24-21-19-17-15-13-11-9-7-2/h23,25,29,31,41H,6-22,24,26-28,30,32-40H2,1-5H3/b25-23-,31-29-. The van der Waals surface area contributed by atoms with E-state index in [0.29, 0.717) is 24.1 Å². The number of carbonyl (C=O) groups excluding carboxylic acids is 1. The van der Waals surface area contributed by atoms with E-state index in [1.807, 2.05) is 27.2 Å². The molecule has 0 rings (SSSR count). The fraction of sp³-hybridized carbons (Fsp3) is 0.881. The van der Waals surface area contributed by atoms with Gasteiger partial charge < -0.3 is 27.9 Å². The highest BCUT2D eigenvalue weighted by atomic mass is 31.2. The number of quaternary nitrogens is 1. The van der Waals surface area contributed by atoms with Crippen molar-refractivity contribution >= 4 is 13.8 Å². The number of likely N-dealkylation sites (N-methyl/N-ethyl adjacent to an activating group) is 1. The molecule has 0 radical (unpaired) electrons. The lowest BCUT2D eigenvalue weighted by molar-refractivity contribution is -0.870. The van der Waals surface area contributed by atoms with E-state index in [1.54, 1.807) is 0 Å². The predicted octanol–water partition coefficient (Wildman–Crippen LogP) is 11.4. The van der Waals surface area contributed by atoms with Crippen LogP contribution in [0.4, 0.5) is 0 Å². The van der Waals surface area contributed by atoms with Gasteiger partial charge in [0.15, 0.2) is 0 Å². The van der Waals surface area contributed by atoms with E-state index >= 15 is 0 Å². The molecule has 0 saturated carbocycles. The molecule has 302 valence electrons. The molecule has 0 aliphatic carbocycles. The van der Waals surface area contributed by atoms with Gasteiger partial charge in [-0.3, -0.25) is 9.36 Å². The molecule has 9 heteroatoms. The molecule has 2 atom stereocenters. The molecule has 0 bridgehead atoms. The first kappa shape index (κ1) is 50.0. The summed E-state index contributed by atoms with van der Waals surface area (Å²) >= 11 is 0. The largest absolute Gasteiger partial charge is 0.756 e. The van der Waals surface area contributed by atoms with Crippen LogP contribution in [0.15, 0.2) is 24.3 Å². The summed E-state index contributed by atoms with van der Waals surface area (Å²) in [5.41, 5.74) is 0. The normalized spacial score (nSPS) is 14.1. The average Bonchev–Trinajstić information content (AvgIpc) is 3.08. The van der Waals surface area contributed by atoms with Crippen LogP contribution in [0.5, 0.6) is 0 Å². The van der Waals surface area contributed by atoms with E-state index in [4.69, 9.17) is 18.5 Å². The molecule has 0 spiro atoms. The topological polar surface area (TPSA) is 94.1 Å². The number of unbranched alkanes of at least 4 members (excludes halogenated alkanes) is 21. The molecule has 0 N–H and O–H groups in total. The number of carbonyl (C=O) groups is 1. The van der Waals surface area contributed by atoms with E-state index in [1.165, 1.54) is 128 Å². The van der Waals surface area contributed by atoms with Crippen molar-refractivity contribution in [1.29, 1.82) is 0 Å². The van der Waals surface area contributed by atoms with Gasteiger partial charge >= 0.3 is 5.97 Å². The highest BCUT2D eigenvalue weighted by Crippen LogP contribution is 2.38. The summed E-state index contributed by atoms with van der Waals surface area (Å²) in [7, 11) is 1.33. The summed E-state index contributed by atoms with van der Waals surface area (Å²) in [5, 5.41) is 0. The third kappa shape index (κ3) is 40.0. The van der Waals surface area contributed by atoms with Crippen LogP contribution in [-0.2, 0) is 27.9 Å². The number of hydrogen-bond acceptors (Lipinski definition) is 7. The maximum absolute atomic E-state index is 12.6. The summed E-state index contributed by atoms with van der Waals surface area (Å²) in [6.45, 7) is 5.35. The van der Waals surface area contributed by atoms with Crippen LogP contribution >= 0.6 is 7.82 Å². The number of phosphoric acid groups is 1. The first-order chi connectivity index (χ1) is 24.6. The van der Waals surface area contributed by atoms with Crippen LogP contribution in [0.3, 0.4) is 0 Å². The summed E-state index contributed by atoms with van der Waals surface area (Å²) < 4.78 is 34.4. The zero-order valence-electron chi connectivity index (χ0n) is 34.1. The lowest BCUT2D eigenvalue weighted by atomic mass is 10.0. The second kappa shape index (κ2) is 36.0. The Morgan fingerprint density at radius 1 is 0.608 bits per heavy atom. The van der Waals surface area contributed by atoms with Gasteiger partial charge in [-0.05, 0) is 32.1 Å². The van der Waals surface area contributed by atoms with Crippen LogP contribution in [0.1, 0.15) is 181 Å². The number of nitrogens with zero attached hydrogens (tertiary/aromatic N) is 1. The Kier molecular flexibility index (Phi) is 35.3. The van der Waals surface area contributed by atoms with E-state index < -0.39 is 19.9 Å². The van der Waals surface area contributed by atoms with Crippen molar-refractivity contribution in [3.8, 4) is 0 Å². The molecule has 2 unspecified atom stereocenters. The van der Waals surface area contributed by atoms with Crippen LogP contribution in [0.2, 0.25) is 0 Å². The molecule has 0 fully saturated rings. The van der Waals surface area contributed by atoms with Crippen molar-refractivity contribution in [3.63, 3.8) is 0 Å². The number of phosphoric ester groups is 1. The molecule has 0 aromatic carbocycles. The van der Waals surface area contributed by atoms with Crippen LogP contribution in [-0.4, -0.2) is 70.7 Å². The minimum Gasteiger partial charge on any atom is -0.756 e. The van der Waals surface area contributed by atoms with E-state index in [0.717, 1.165) is 25.7 Å². The van der Waals surface area contributed by atoms with Gasteiger partial charge in [-0.25, -0.2) is 0 Å². The number of allylic oxidation sites excluding steroid dienone is 4. The maximum atomic E-state index is 12.6. The van der Waals surface area contributed by atoms with Crippen molar-refractivity contribution in [3.05, 3.63) is 24.3 Å². The van der Waals surface area contributed by atoms with Crippen molar-refractivity contribution in [1.82, 2.24) is 0 Å². The monoisotopic (exact) mass is 744 g/mol. The zero-order chi connectivity index (χ0) is 37.7. The fourth-order valence-corrected chi connectivity index (χ4v) is 6.45. The minimum atomic E-state index is -4.53. The average molecular weight is 744 g/mol. The molecular weight excluding hydrogens is 661 g/mol. The van der Waals surface area contributed by atoms with Gasteiger partial charge in [0.25, 0.3) is 7.82 Å². The molecule has 8 nitrogen and oxygen atoms in total. The summed E-state index contributed by atoms with van der Waals surface area (Å²) in [4.78, 5) is 24.9. The van der Waals surface area contributed by atoms with Gasteiger partial charge in [-0.2, -0.15) is 0 Å². The summed E-state index contributed by atoms with van der Waals surface area (Å²) in [6, 6.07) is 0. The molecule has 0 aliphatic heterocycles. The lowest BCUT2D eigenvalue weighted by Gasteiger charge is -2.28. The Morgan fingerprint density at radius 2 is 1.08 bits per heavy atom. The smallest absolute Gasteiger partial charge is 0.306 e. The van der Waals surface area contributed by atoms with Gasteiger partial charge in [-0.15, -0.1) is 0 Å². The summed E-state index contributed by atoms with van der Waals surface area (Å²) in [5.74, 6) is -0.398. The van der Waals surface area contributed by atoms with E-state index in [9.17, 15) is 14.3 Å². The lowest BCUT2D eigenvalue weighted by Crippen LogP contribution is -2.37. The summed E-state index contributed by atoms with van der Waals surface area (Å²) in [6.07, 6.45) is 39.1. The molecule has 0 aromatic rings. The Morgan fingerprint density at radius 3 is 1.59 bits per heavy atom. The highest BCUT2D eigenvalue weighted by Gasteiger charge is 2.20. The van der Waals surface area contributed by atoms with Crippen molar-refractivity contribution < 1.29 is 37.3 Å². The van der Waals surface area contributed by atoms with Gasteiger partial charge in [-0.1, -0.05) is 167 Å². The number of esters is 1. The Labute approximate surface area is 315 Å². The van der Waals surface area contributed by atoms with Gasteiger partial charge in [0.2, 0.25) is 0 Å². The number of rotatable bonds is 39. The van der Waals surface area contributed by atoms with E-state index in [2.05, 4.69) is 32.1 Å².